The molecule has 1 unspecified atom stereocenters. The van der Waals surface area contributed by atoms with E-state index in [1.54, 1.807) is 0 Å². The summed E-state index contributed by atoms with van der Waals surface area (Å²) < 4.78 is 5.98. The first-order chi connectivity index (χ1) is 10.4. The van der Waals surface area contributed by atoms with Crippen molar-refractivity contribution in [3.63, 3.8) is 0 Å². The quantitative estimate of drug-likeness (QED) is 0.926. The molecule has 1 atom stereocenters. The third kappa shape index (κ3) is 4.45. The van der Waals surface area contributed by atoms with Crippen LogP contribution in [0.5, 0.6) is 0 Å². The van der Waals surface area contributed by atoms with E-state index in [0.29, 0.717) is 13.2 Å². The molecule has 1 heterocycles. The average Bonchev–Trinajstić information content (AvgIpc) is 2.45. The molecule has 22 heavy (non-hydrogen) atoms. The molecule has 0 aliphatic carbocycles. The molecular formula is C17H26N2O3. The van der Waals surface area contributed by atoms with Crippen molar-refractivity contribution in [2.45, 2.75) is 51.9 Å². The molecular weight excluding hydrogens is 280 g/mol. The van der Waals surface area contributed by atoms with Crippen LogP contribution in [-0.4, -0.2) is 45.9 Å². The summed E-state index contributed by atoms with van der Waals surface area (Å²) in [5.74, 6) is 0. The first kappa shape index (κ1) is 16.8. The van der Waals surface area contributed by atoms with Gasteiger partial charge in [-0.15, -0.1) is 0 Å². The Morgan fingerprint density at radius 1 is 1.36 bits per heavy atom. The second-order valence-electron chi connectivity index (χ2n) is 6.74. The summed E-state index contributed by atoms with van der Waals surface area (Å²) in [7, 11) is 0. The Bertz CT molecular complexity index is 484. The molecule has 1 saturated heterocycles. The van der Waals surface area contributed by atoms with Crippen LogP contribution in [-0.2, 0) is 11.3 Å². The van der Waals surface area contributed by atoms with Gasteiger partial charge in [-0.1, -0.05) is 30.3 Å². The Morgan fingerprint density at radius 2 is 2.05 bits per heavy atom. The van der Waals surface area contributed by atoms with Crippen molar-refractivity contribution in [2.24, 2.45) is 0 Å². The molecule has 0 aromatic heterocycles. The predicted molar refractivity (Wildman–Crippen MR) is 85.4 cm³/mol. The number of nitrogens with zero attached hydrogens (tertiary/aromatic N) is 2. The number of rotatable bonds is 4. The van der Waals surface area contributed by atoms with Crippen LogP contribution in [0.4, 0.5) is 4.79 Å². The minimum Gasteiger partial charge on any atom is -0.464 e. The van der Waals surface area contributed by atoms with Crippen molar-refractivity contribution in [1.82, 2.24) is 10.0 Å². The van der Waals surface area contributed by atoms with Crippen LogP contribution in [0.15, 0.2) is 30.3 Å². The van der Waals surface area contributed by atoms with Gasteiger partial charge >= 0.3 is 6.09 Å². The zero-order valence-electron chi connectivity index (χ0n) is 13.7. The van der Waals surface area contributed by atoms with Crippen LogP contribution < -0.4 is 0 Å². The number of carboxylic acid groups (broad SMARTS) is 1. The normalized spacial score (nSPS) is 19.9. The van der Waals surface area contributed by atoms with Crippen molar-refractivity contribution in [3.05, 3.63) is 35.9 Å². The number of hydrogen-bond acceptors (Lipinski definition) is 3. The number of hydrazine groups is 1. The lowest BCUT2D eigenvalue weighted by atomic mass is 10.1. The smallest absolute Gasteiger partial charge is 0.422 e. The van der Waals surface area contributed by atoms with E-state index in [9.17, 15) is 9.90 Å². The highest BCUT2D eigenvalue weighted by Gasteiger charge is 2.35. The molecule has 1 aliphatic heterocycles. The molecule has 1 aromatic rings. The Morgan fingerprint density at radius 3 is 2.64 bits per heavy atom. The lowest BCUT2D eigenvalue weighted by Gasteiger charge is -2.45. The number of hydrogen-bond donors (Lipinski definition) is 1. The largest absolute Gasteiger partial charge is 0.464 e. The van der Waals surface area contributed by atoms with Gasteiger partial charge in [-0.25, -0.2) is 14.8 Å². The van der Waals surface area contributed by atoms with Gasteiger partial charge in [0.25, 0.3) is 0 Å². The van der Waals surface area contributed by atoms with Crippen molar-refractivity contribution >= 4 is 6.09 Å². The van der Waals surface area contributed by atoms with Crippen molar-refractivity contribution in [2.75, 3.05) is 13.1 Å². The molecule has 1 fully saturated rings. The average molecular weight is 306 g/mol. The van der Waals surface area contributed by atoms with Gasteiger partial charge in [0.1, 0.15) is 0 Å². The van der Waals surface area contributed by atoms with Gasteiger partial charge < -0.3 is 9.84 Å². The highest BCUT2D eigenvalue weighted by atomic mass is 16.5. The first-order valence-corrected chi connectivity index (χ1v) is 7.81. The van der Waals surface area contributed by atoms with Gasteiger partial charge in [0.2, 0.25) is 0 Å². The van der Waals surface area contributed by atoms with Crippen LogP contribution in [0.25, 0.3) is 0 Å². The highest BCUT2D eigenvalue weighted by Crippen LogP contribution is 2.23. The third-order valence-corrected chi connectivity index (χ3v) is 3.78. The summed E-state index contributed by atoms with van der Waals surface area (Å²) in [4.78, 5) is 11.6. The molecule has 0 spiro atoms. The molecule has 1 aliphatic rings. The van der Waals surface area contributed by atoms with E-state index in [1.807, 2.05) is 56.1 Å². The monoisotopic (exact) mass is 306 g/mol. The van der Waals surface area contributed by atoms with Crippen LogP contribution in [0, 0.1) is 0 Å². The number of carbonyl (C=O) groups is 1. The molecule has 5 nitrogen and oxygen atoms in total. The number of piperidine rings is 1. The molecule has 122 valence electrons. The zero-order chi connectivity index (χ0) is 16.2. The van der Waals surface area contributed by atoms with Gasteiger partial charge in [0.15, 0.2) is 0 Å². The van der Waals surface area contributed by atoms with Crippen LogP contribution in [0.2, 0.25) is 0 Å². The fourth-order valence-corrected chi connectivity index (χ4v) is 2.86. The molecule has 2 rings (SSSR count). The topological polar surface area (TPSA) is 53.0 Å². The summed E-state index contributed by atoms with van der Waals surface area (Å²) in [5.41, 5.74) is 0.693. The SMILES string of the molecule is CC(C)(C)N(C(=O)O)N1CCCC(OCc2ccccc2)C1. The van der Waals surface area contributed by atoms with E-state index in [4.69, 9.17) is 4.74 Å². The van der Waals surface area contributed by atoms with Gasteiger partial charge in [0.05, 0.1) is 18.2 Å². The van der Waals surface area contributed by atoms with Crippen LogP contribution in [0.3, 0.4) is 0 Å². The molecule has 1 amide bonds. The molecule has 5 heteroatoms. The summed E-state index contributed by atoms with van der Waals surface area (Å²) in [6.45, 7) is 7.69. The fourth-order valence-electron chi connectivity index (χ4n) is 2.86. The molecule has 0 radical (unpaired) electrons. The first-order valence-electron chi connectivity index (χ1n) is 7.81. The van der Waals surface area contributed by atoms with Crippen molar-refractivity contribution in [1.29, 1.82) is 0 Å². The third-order valence-electron chi connectivity index (χ3n) is 3.78. The predicted octanol–water partition coefficient (Wildman–Crippen LogP) is 3.36. The summed E-state index contributed by atoms with van der Waals surface area (Å²) in [5, 5.41) is 12.8. The molecule has 0 saturated carbocycles. The number of benzene rings is 1. The van der Waals surface area contributed by atoms with Crippen LogP contribution in [0.1, 0.15) is 39.2 Å². The van der Waals surface area contributed by atoms with E-state index in [2.05, 4.69) is 0 Å². The lowest BCUT2D eigenvalue weighted by molar-refractivity contribution is -0.116. The molecule has 1 aromatic carbocycles. The van der Waals surface area contributed by atoms with E-state index in [-0.39, 0.29) is 6.10 Å². The zero-order valence-corrected chi connectivity index (χ0v) is 13.7. The molecule has 0 bridgehead atoms. The summed E-state index contributed by atoms with van der Waals surface area (Å²) in [6, 6.07) is 10.1. The Kier molecular flexibility index (Phi) is 5.42. The minimum absolute atomic E-state index is 0.0677. The second-order valence-corrected chi connectivity index (χ2v) is 6.74. The van der Waals surface area contributed by atoms with E-state index >= 15 is 0 Å². The lowest BCUT2D eigenvalue weighted by Crippen LogP contribution is -2.59. The van der Waals surface area contributed by atoms with Gasteiger partial charge in [-0.2, -0.15) is 0 Å². The van der Waals surface area contributed by atoms with E-state index in [0.717, 1.165) is 24.9 Å². The second kappa shape index (κ2) is 7.11. The Labute approximate surface area is 132 Å². The Hall–Kier alpha value is -1.59. The Balaban J connectivity index is 1.95. The van der Waals surface area contributed by atoms with Gasteiger partial charge in [-0.3, -0.25) is 0 Å². The maximum Gasteiger partial charge on any atom is 0.422 e. The van der Waals surface area contributed by atoms with Crippen LogP contribution >= 0.6 is 0 Å². The molecule has 1 N–H and O–H groups in total. The van der Waals surface area contributed by atoms with Gasteiger partial charge in [0, 0.05) is 13.1 Å². The van der Waals surface area contributed by atoms with Crippen molar-refractivity contribution in [3.8, 4) is 0 Å². The van der Waals surface area contributed by atoms with Gasteiger partial charge in [-0.05, 0) is 39.2 Å². The van der Waals surface area contributed by atoms with Crippen molar-refractivity contribution < 1.29 is 14.6 Å². The highest BCUT2D eigenvalue weighted by molar-refractivity contribution is 5.65. The fraction of sp³-hybridized carbons (Fsp3) is 0.588. The number of ether oxygens (including phenoxy) is 1. The van der Waals surface area contributed by atoms with E-state index in [1.165, 1.54) is 5.01 Å². The van der Waals surface area contributed by atoms with E-state index < -0.39 is 11.6 Å². The maximum absolute atomic E-state index is 11.6. The minimum atomic E-state index is -0.906. The standard InChI is InChI=1S/C17H26N2O3/c1-17(2,3)19(16(20)21)18-11-7-10-15(12-18)22-13-14-8-5-4-6-9-14/h4-6,8-9,15H,7,10-13H2,1-3H3,(H,20,21). The maximum atomic E-state index is 11.6. The summed E-state index contributed by atoms with van der Waals surface area (Å²) in [6.07, 6.45) is 1.08. The summed E-state index contributed by atoms with van der Waals surface area (Å²) >= 11 is 0. The number of amides is 1.